The highest BCUT2D eigenvalue weighted by Crippen LogP contribution is 2.18. The van der Waals surface area contributed by atoms with Crippen molar-refractivity contribution in [3.63, 3.8) is 0 Å². The zero-order valence-electron chi connectivity index (χ0n) is 6.19. The van der Waals surface area contributed by atoms with Gasteiger partial charge in [0.25, 0.3) is 0 Å². The first-order valence-electron chi connectivity index (χ1n) is 3.67. The zero-order valence-corrected chi connectivity index (χ0v) is 6.19. The van der Waals surface area contributed by atoms with Gasteiger partial charge in [-0.05, 0) is 6.42 Å². The predicted octanol–water partition coefficient (Wildman–Crippen LogP) is -0.142. The first-order chi connectivity index (χ1) is 5.20. The molecule has 0 aromatic rings. The maximum absolute atomic E-state index is 10.1. The van der Waals surface area contributed by atoms with E-state index in [1.807, 2.05) is 0 Å². The van der Waals surface area contributed by atoms with Crippen LogP contribution in [-0.2, 0) is 9.53 Å². The number of carboxylic acids is 1. The van der Waals surface area contributed by atoms with Crippen molar-refractivity contribution in [1.29, 1.82) is 0 Å². The van der Waals surface area contributed by atoms with Crippen LogP contribution in [0.5, 0.6) is 0 Å². The van der Waals surface area contributed by atoms with Gasteiger partial charge in [-0.2, -0.15) is 0 Å². The van der Waals surface area contributed by atoms with Crippen LogP contribution in [0.1, 0.15) is 12.8 Å². The minimum Gasteiger partial charge on any atom is -0.481 e. The van der Waals surface area contributed by atoms with Crippen LogP contribution in [0, 0.1) is 5.92 Å². The van der Waals surface area contributed by atoms with Crippen molar-refractivity contribution in [1.82, 2.24) is 0 Å². The SMILES string of the molecule is O=C(O)CC[C@H]1COC[C@@H]1O. The lowest BCUT2D eigenvalue weighted by Crippen LogP contribution is -2.18. The Labute approximate surface area is 64.8 Å². The Morgan fingerprint density at radius 2 is 2.27 bits per heavy atom. The predicted molar refractivity (Wildman–Crippen MR) is 37.2 cm³/mol. The number of ether oxygens (including phenoxy) is 1. The van der Waals surface area contributed by atoms with E-state index >= 15 is 0 Å². The van der Waals surface area contributed by atoms with Gasteiger partial charge in [-0.3, -0.25) is 4.79 Å². The molecule has 2 N–H and O–H groups in total. The molecule has 1 aliphatic rings. The summed E-state index contributed by atoms with van der Waals surface area (Å²) in [6.07, 6.45) is 0.163. The number of hydrogen-bond acceptors (Lipinski definition) is 3. The Hall–Kier alpha value is -0.610. The first kappa shape index (κ1) is 8.49. The quantitative estimate of drug-likeness (QED) is 0.603. The fourth-order valence-corrected chi connectivity index (χ4v) is 1.17. The summed E-state index contributed by atoms with van der Waals surface area (Å²) >= 11 is 0. The van der Waals surface area contributed by atoms with E-state index in [1.165, 1.54) is 0 Å². The van der Waals surface area contributed by atoms with E-state index in [0.29, 0.717) is 19.6 Å². The zero-order chi connectivity index (χ0) is 8.27. The molecule has 0 aromatic carbocycles. The Morgan fingerprint density at radius 3 is 2.73 bits per heavy atom. The van der Waals surface area contributed by atoms with Gasteiger partial charge >= 0.3 is 5.97 Å². The van der Waals surface area contributed by atoms with Crippen molar-refractivity contribution < 1.29 is 19.7 Å². The number of aliphatic hydroxyl groups is 1. The fourth-order valence-electron chi connectivity index (χ4n) is 1.17. The van der Waals surface area contributed by atoms with Gasteiger partial charge < -0.3 is 14.9 Å². The second-order valence-electron chi connectivity index (χ2n) is 2.80. The third kappa shape index (κ3) is 2.48. The number of carboxylic acid groups (broad SMARTS) is 1. The highest BCUT2D eigenvalue weighted by atomic mass is 16.5. The number of carbonyl (C=O) groups is 1. The van der Waals surface area contributed by atoms with Gasteiger partial charge in [0.1, 0.15) is 0 Å². The second-order valence-corrected chi connectivity index (χ2v) is 2.80. The van der Waals surface area contributed by atoms with Gasteiger partial charge in [-0.15, -0.1) is 0 Å². The number of rotatable bonds is 3. The molecule has 0 unspecified atom stereocenters. The molecule has 11 heavy (non-hydrogen) atoms. The number of hydrogen-bond donors (Lipinski definition) is 2. The molecule has 1 fully saturated rings. The van der Waals surface area contributed by atoms with E-state index in [0.717, 1.165) is 0 Å². The van der Waals surface area contributed by atoms with Crippen LogP contribution in [0.4, 0.5) is 0 Å². The number of aliphatic hydroxyl groups excluding tert-OH is 1. The van der Waals surface area contributed by atoms with Crippen molar-refractivity contribution >= 4 is 5.97 Å². The molecule has 4 nitrogen and oxygen atoms in total. The van der Waals surface area contributed by atoms with E-state index in [2.05, 4.69) is 0 Å². The molecule has 1 aliphatic heterocycles. The van der Waals surface area contributed by atoms with Gasteiger partial charge in [-0.25, -0.2) is 0 Å². The molecule has 0 spiro atoms. The van der Waals surface area contributed by atoms with Gasteiger partial charge in [-0.1, -0.05) is 0 Å². The third-order valence-corrected chi connectivity index (χ3v) is 1.89. The Balaban J connectivity index is 2.20. The highest BCUT2D eigenvalue weighted by molar-refractivity contribution is 5.66. The molecule has 1 rings (SSSR count). The molecule has 1 saturated heterocycles. The van der Waals surface area contributed by atoms with E-state index in [-0.39, 0.29) is 12.3 Å². The van der Waals surface area contributed by atoms with Gasteiger partial charge in [0.05, 0.1) is 19.3 Å². The fraction of sp³-hybridized carbons (Fsp3) is 0.857. The summed E-state index contributed by atoms with van der Waals surface area (Å²) in [5.41, 5.74) is 0. The monoisotopic (exact) mass is 160 g/mol. The van der Waals surface area contributed by atoms with Crippen molar-refractivity contribution in [3.05, 3.63) is 0 Å². The Bertz CT molecular complexity index is 145. The normalized spacial score (nSPS) is 30.6. The van der Waals surface area contributed by atoms with Crippen molar-refractivity contribution in [2.75, 3.05) is 13.2 Å². The van der Waals surface area contributed by atoms with Gasteiger partial charge in [0.2, 0.25) is 0 Å². The molecular weight excluding hydrogens is 148 g/mol. The topological polar surface area (TPSA) is 66.8 Å². The summed E-state index contributed by atoms with van der Waals surface area (Å²) in [7, 11) is 0. The van der Waals surface area contributed by atoms with E-state index in [1.54, 1.807) is 0 Å². The molecule has 4 heteroatoms. The molecule has 1 heterocycles. The van der Waals surface area contributed by atoms with Gasteiger partial charge in [0.15, 0.2) is 0 Å². The average molecular weight is 160 g/mol. The third-order valence-electron chi connectivity index (χ3n) is 1.89. The summed E-state index contributed by atoms with van der Waals surface area (Å²) in [6.45, 7) is 0.846. The molecular formula is C7H12O4. The van der Waals surface area contributed by atoms with Crippen LogP contribution in [0.3, 0.4) is 0 Å². The van der Waals surface area contributed by atoms with E-state index in [9.17, 15) is 9.90 Å². The molecule has 0 aromatic heterocycles. The molecule has 0 aliphatic carbocycles. The number of aliphatic carboxylic acids is 1. The van der Waals surface area contributed by atoms with Crippen LogP contribution in [0.15, 0.2) is 0 Å². The van der Waals surface area contributed by atoms with Crippen LogP contribution in [-0.4, -0.2) is 35.5 Å². The molecule has 64 valence electrons. The van der Waals surface area contributed by atoms with Crippen molar-refractivity contribution in [3.8, 4) is 0 Å². The summed E-state index contributed by atoms with van der Waals surface area (Å²) in [6, 6.07) is 0. The van der Waals surface area contributed by atoms with Crippen LogP contribution >= 0.6 is 0 Å². The molecule has 0 bridgehead atoms. The maximum Gasteiger partial charge on any atom is 0.303 e. The second kappa shape index (κ2) is 3.69. The van der Waals surface area contributed by atoms with E-state index in [4.69, 9.17) is 9.84 Å². The minimum atomic E-state index is -0.816. The van der Waals surface area contributed by atoms with Gasteiger partial charge in [0, 0.05) is 12.3 Å². The summed E-state index contributed by atoms with van der Waals surface area (Å²) < 4.78 is 4.96. The van der Waals surface area contributed by atoms with E-state index < -0.39 is 12.1 Å². The van der Waals surface area contributed by atoms with Crippen LogP contribution < -0.4 is 0 Å². The minimum absolute atomic E-state index is 0.0195. The summed E-state index contributed by atoms with van der Waals surface area (Å²) in [5.74, 6) is -0.796. The average Bonchev–Trinajstić information content (AvgIpc) is 2.31. The van der Waals surface area contributed by atoms with Crippen LogP contribution in [0.2, 0.25) is 0 Å². The lowest BCUT2D eigenvalue weighted by molar-refractivity contribution is -0.137. The summed E-state index contributed by atoms with van der Waals surface area (Å²) in [4.78, 5) is 10.1. The molecule has 0 radical (unpaired) electrons. The largest absolute Gasteiger partial charge is 0.481 e. The lowest BCUT2D eigenvalue weighted by atomic mass is 10.0. The Kier molecular flexibility index (Phi) is 2.84. The molecule has 0 saturated carbocycles. The standard InChI is InChI=1S/C7H12O4/c8-6-4-11-3-5(6)1-2-7(9)10/h5-6,8H,1-4H2,(H,9,10)/t5-,6-/m0/s1. The highest BCUT2D eigenvalue weighted by Gasteiger charge is 2.26. The van der Waals surface area contributed by atoms with Crippen molar-refractivity contribution in [2.45, 2.75) is 18.9 Å². The summed E-state index contributed by atoms with van der Waals surface area (Å²) in [5, 5.41) is 17.5. The molecule has 0 amide bonds. The smallest absolute Gasteiger partial charge is 0.303 e. The Morgan fingerprint density at radius 1 is 1.55 bits per heavy atom. The maximum atomic E-state index is 10.1. The lowest BCUT2D eigenvalue weighted by Gasteiger charge is -2.09. The van der Waals surface area contributed by atoms with Crippen molar-refractivity contribution in [2.24, 2.45) is 5.92 Å². The van der Waals surface area contributed by atoms with Crippen LogP contribution in [0.25, 0.3) is 0 Å². The first-order valence-corrected chi connectivity index (χ1v) is 3.67. The molecule has 2 atom stereocenters.